The molecule has 0 aliphatic heterocycles. The van der Waals surface area contributed by atoms with Gasteiger partial charge in [-0.15, -0.1) is 11.8 Å². The van der Waals surface area contributed by atoms with E-state index in [1.807, 2.05) is 78.9 Å². The number of ketones is 1. The molecule has 4 rings (SSSR count). The second-order valence-corrected chi connectivity index (χ2v) is 8.41. The van der Waals surface area contributed by atoms with E-state index in [1.54, 1.807) is 31.4 Å². The molecule has 4 nitrogen and oxygen atoms in total. The van der Waals surface area contributed by atoms with Gasteiger partial charge in [-0.05, 0) is 53.6 Å². The monoisotopic (exact) mass is 453 g/mol. The van der Waals surface area contributed by atoms with Gasteiger partial charge >= 0.3 is 0 Å². The third-order valence-corrected chi connectivity index (χ3v) is 6.12. The SMILES string of the molecule is COc1ccc(C(=O)Nc2cccc(SCC(=O)c3ccc(-c4ccccc4)cc3)c2)cc1. The number of rotatable bonds is 8. The predicted molar refractivity (Wildman–Crippen MR) is 134 cm³/mol. The first-order chi connectivity index (χ1) is 16.1. The summed E-state index contributed by atoms with van der Waals surface area (Å²) in [6.07, 6.45) is 0. The van der Waals surface area contributed by atoms with Crippen molar-refractivity contribution in [3.63, 3.8) is 0 Å². The summed E-state index contributed by atoms with van der Waals surface area (Å²) in [4.78, 5) is 26.1. The molecule has 4 aromatic rings. The van der Waals surface area contributed by atoms with Gasteiger partial charge in [0.15, 0.2) is 5.78 Å². The highest BCUT2D eigenvalue weighted by molar-refractivity contribution is 8.00. The second-order valence-electron chi connectivity index (χ2n) is 7.37. The zero-order valence-electron chi connectivity index (χ0n) is 18.2. The molecule has 0 heterocycles. The Hall–Kier alpha value is -3.83. The summed E-state index contributed by atoms with van der Waals surface area (Å²) in [6, 6.07) is 32.2. The molecule has 0 saturated carbocycles. The molecule has 5 heteroatoms. The number of hydrogen-bond donors (Lipinski definition) is 1. The van der Waals surface area contributed by atoms with Crippen molar-refractivity contribution in [1.82, 2.24) is 0 Å². The van der Waals surface area contributed by atoms with Crippen LogP contribution in [0.1, 0.15) is 20.7 Å². The van der Waals surface area contributed by atoms with Crippen molar-refractivity contribution in [2.75, 3.05) is 18.2 Å². The molecule has 0 atom stereocenters. The van der Waals surface area contributed by atoms with Crippen LogP contribution in [0.25, 0.3) is 11.1 Å². The maximum absolute atomic E-state index is 12.7. The smallest absolute Gasteiger partial charge is 0.255 e. The fourth-order valence-corrected chi connectivity index (χ4v) is 4.17. The summed E-state index contributed by atoms with van der Waals surface area (Å²) in [6.45, 7) is 0. The number of methoxy groups -OCH3 is 1. The summed E-state index contributed by atoms with van der Waals surface area (Å²) in [5, 5.41) is 2.90. The molecular formula is C28H23NO3S. The van der Waals surface area contributed by atoms with Gasteiger partial charge in [0.05, 0.1) is 12.9 Å². The molecule has 4 aromatic carbocycles. The van der Waals surface area contributed by atoms with E-state index in [2.05, 4.69) is 5.32 Å². The van der Waals surface area contributed by atoms with Gasteiger partial charge in [-0.25, -0.2) is 0 Å². The number of nitrogens with one attached hydrogen (secondary N) is 1. The molecule has 0 unspecified atom stereocenters. The van der Waals surface area contributed by atoms with Gasteiger partial charge in [-0.2, -0.15) is 0 Å². The van der Waals surface area contributed by atoms with E-state index < -0.39 is 0 Å². The zero-order valence-corrected chi connectivity index (χ0v) is 19.0. The fourth-order valence-electron chi connectivity index (χ4n) is 3.32. The van der Waals surface area contributed by atoms with Crippen LogP contribution >= 0.6 is 11.8 Å². The summed E-state index contributed by atoms with van der Waals surface area (Å²) in [5.74, 6) is 0.881. The lowest BCUT2D eigenvalue weighted by Gasteiger charge is -2.08. The van der Waals surface area contributed by atoms with Crippen molar-refractivity contribution in [3.05, 3.63) is 114 Å². The number of ether oxygens (including phenoxy) is 1. The van der Waals surface area contributed by atoms with E-state index in [0.29, 0.717) is 28.3 Å². The number of hydrogen-bond acceptors (Lipinski definition) is 4. The normalized spacial score (nSPS) is 10.5. The second kappa shape index (κ2) is 10.7. The number of thioether (sulfide) groups is 1. The topological polar surface area (TPSA) is 55.4 Å². The number of amides is 1. The van der Waals surface area contributed by atoms with E-state index in [4.69, 9.17) is 4.74 Å². The Bertz CT molecular complexity index is 1240. The quantitative estimate of drug-likeness (QED) is 0.242. The molecule has 0 spiro atoms. The first-order valence-electron chi connectivity index (χ1n) is 10.5. The van der Waals surface area contributed by atoms with Crippen LogP contribution in [0.5, 0.6) is 5.75 Å². The van der Waals surface area contributed by atoms with Gasteiger partial charge in [0.25, 0.3) is 5.91 Å². The fraction of sp³-hybridized carbons (Fsp3) is 0.0714. The maximum Gasteiger partial charge on any atom is 0.255 e. The molecule has 0 aliphatic rings. The Kier molecular flexibility index (Phi) is 7.22. The van der Waals surface area contributed by atoms with Crippen LogP contribution in [0, 0.1) is 0 Å². The minimum Gasteiger partial charge on any atom is -0.497 e. The van der Waals surface area contributed by atoms with Crippen LogP contribution in [0.2, 0.25) is 0 Å². The number of Topliss-reactive ketones (excluding diaryl/α,β-unsaturated/α-hetero) is 1. The van der Waals surface area contributed by atoms with Gasteiger partial charge in [-0.3, -0.25) is 9.59 Å². The molecule has 0 bridgehead atoms. The van der Waals surface area contributed by atoms with Gasteiger partial charge in [0.1, 0.15) is 5.75 Å². The van der Waals surface area contributed by atoms with Crippen LogP contribution in [0.4, 0.5) is 5.69 Å². The van der Waals surface area contributed by atoms with Gasteiger partial charge in [-0.1, -0.05) is 60.7 Å². The van der Waals surface area contributed by atoms with Crippen molar-refractivity contribution < 1.29 is 14.3 Å². The van der Waals surface area contributed by atoms with Crippen LogP contribution in [0.3, 0.4) is 0 Å². The lowest BCUT2D eigenvalue weighted by Crippen LogP contribution is -2.11. The van der Waals surface area contributed by atoms with Crippen molar-refractivity contribution in [2.24, 2.45) is 0 Å². The van der Waals surface area contributed by atoms with E-state index in [1.165, 1.54) is 11.8 Å². The van der Waals surface area contributed by atoms with Gasteiger partial charge in [0, 0.05) is 21.7 Å². The maximum atomic E-state index is 12.7. The minimum atomic E-state index is -0.200. The predicted octanol–water partition coefficient (Wildman–Crippen LogP) is 6.59. The highest BCUT2D eigenvalue weighted by Gasteiger charge is 2.10. The summed E-state index contributed by atoms with van der Waals surface area (Å²) in [5.41, 5.74) is 4.12. The summed E-state index contributed by atoms with van der Waals surface area (Å²) < 4.78 is 5.13. The molecule has 33 heavy (non-hydrogen) atoms. The zero-order chi connectivity index (χ0) is 23.0. The van der Waals surface area contributed by atoms with Gasteiger partial charge < -0.3 is 10.1 Å². The molecule has 0 radical (unpaired) electrons. The van der Waals surface area contributed by atoms with E-state index >= 15 is 0 Å². The molecule has 1 N–H and O–H groups in total. The van der Waals surface area contributed by atoms with E-state index in [9.17, 15) is 9.59 Å². The first-order valence-corrected chi connectivity index (χ1v) is 11.5. The molecule has 1 amide bonds. The average molecular weight is 454 g/mol. The average Bonchev–Trinajstić information content (AvgIpc) is 2.88. The standard InChI is InChI=1S/C28H23NO3S/c1-32-25-16-14-23(15-17-25)28(31)29-24-8-5-9-26(18-24)33-19-27(30)22-12-10-21(11-13-22)20-6-3-2-4-7-20/h2-18H,19H2,1H3,(H,29,31). The van der Waals surface area contributed by atoms with Crippen molar-refractivity contribution in [1.29, 1.82) is 0 Å². The minimum absolute atomic E-state index is 0.0623. The number of benzene rings is 4. The third kappa shape index (κ3) is 5.90. The number of anilines is 1. The summed E-state index contributed by atoms with van der Waals surface area (Å²) in [7, 11) is 1.59. The first kappa shape index (κ1) is 22.4. The van der Waals surface area contributed by atoms with Gasteiger partial charge in [0.2, 0.25) is 0 Å². The summed E-state index contributed by atoms with van der Waals surface area (Å²) >= 11 is 1.45. The largest absolute Gasteiger partial charge is 0.497 e. The Morgan fingerprint density at radius 3 is 2.12 bits per heavy atom. The molecule has 0 aliphatic carbocycles. The van der Waals surface area contributed by atoms with E-state index in [-0.39, 0.29) is 11.7 Å². The highest BCUT2D eigenvalue weighted by atomic mass is 32.2. The molecule has 0 fully saturated rings. The van der Waals surface area contributed by atoms with Crippen molar-refractivity contribution in [3.8, 4) is 16.9 Å². The lowest BCUT2D eigenvalue weighted by atomic mass is 10.0. The highest BCUT2D eigenvalue weighted by Crippen LogP contribution is 2.24. The van der Waals surface area contributed by atoms with Crippen LogP contribution in [-0.2, 0) is 0 Å². The Labute approximate surface area is 197 Å². The van der Waals surface area contributed by atoms with Crippen LogP contribution in [-0.4, -0.2) is 24.6 Å². The van der Waals surface area contributed by atoms with Crippen molar-refractivity contribution in [2.45, 2.75) is 4.90 Å². The number of carbonyl (C=O) groups excluding carboxylic acids is 2. The molecule has 164 valence electrons. The van der Waals surface area contributed by atoms with E-state index in [0.717, 1.165) is 16.0 Å². The molecular weight excluding hydrogens is 430 g/mol. The van der Waals surface area contributed by atoms with Crippen LogP contribution in [0.15, 0.2) is 108 Å². The Morgan fingerprint density at radius 2 is 1.42 bits per heavy atom. The van der Waals surface area contributed by atoms with Crippen LogP contribution < -0.4 is 10.1 Å². The van der Waals surface area contributed by atoms with Crippen molar-refractivity contribution >= 4 is 29.1 Å². The lowest BCUT2D eigenvalue weighted by molar-refractivity contribution is 0.101. The third-order valence-electron chi connectivity index (χ3n) is 5.13. The number of carbonyl (C=O) groups is 2. The molecule has 0 saturated heterocycles. The molecule has 0 aromatic heterocycles. The Morgan fingerprint density at radius 1 is 0.758 bits per heavy atom. The Balaban J connectivity index is 1.35.